The van der Waals surface area contributed by atoms with Gasteiger partial charge in [-0.05, 0) is 46.8 Å². The van der Waals surface area contributed by atoms with Crippen LogP contribution in [0.25, 0.3) is 0 Å². The Morgan fingerprint density at radius 2 is 1.94 bits per heavy atom. The van der Waals surface area contributed by atoms with E-state index in [0.717, 1.165) is 19.4 Å². The quantitative estimate of drug-likeness (QED) is 0.742. The Hall–Kier alpha value is -1.10. The topological polar surface area (TPSA) is 69.6 Å². The molecule has 0 heterocycles. The van der Waals surface area contributed by atoms with Gasteiger partial charge < -0.3 is 15.3 Å². The minimum Gasteiger partial charge on any atom is -0.481 e. The first kappa shape index (κ1) is 15.0. The van der Waals surface area contributed by atoms with Crippen LogP contribution in [0.4, 0.5) is 0 Å². The highest BCUT2D eigenvalue weighted by atomic mass is 16.4. The molecule has 1 rings (SSSR count). The predicted octanol–water partition coefficient (Wildman–Crippen LogP) is 0.944. The highest BCUT2D eigenvalue weighted by Gasteiger charge is 2.37. The van der Waals surface area contributed by atoms with Gasteiger partial charge in [-0.25, -0.2) is 0 Å². The summed E-state index contributed by atoms with van der Waals surface area (Å²) >= 11 is 0. The molecule has 1 saturated carbocycles. The van der Waals surface area contributed by atoms with Crippen LogP contribution in [0, 0.1) is 11.8 Å². The summed E-state index contributed by atoms with van der Waals surface area (Å²) in [6.07, 6.45) is 3.03. The van der Waals surface area contributed by atoms with Crippen molar-refractivity contribution in [3.63, 3.8) is 0 Å². The molecule has 5 heteroatoms. The Kier molecular flexibility index (Phi) is 5.59. The van der Waals surface area contributed by atoms with Crippen molar-refractivity contribution in [1.29, 1.82) is 0 Å². The average Bonchev–Trinajstić information content (AvgIpc) is 2.75. The van der Waals surface area contributed by atoms with Gasteiger partial charge in [-0.2, -0.15) is 0 Å². The van der Waals surface area contributed by atoms with Crippen molar-refractivity contribution in [3.8, 4) is 0 Å². The van der Waals surface area contributed by atoms with Gasteiger partial charge in [0.1, 0.15) is 0 Å². The number of nitrogens with one attached hydrogen (secondary N) is 1. The van der Waals surface area contributed by atoms with E-state index < -0.39 is 11.9 Å². The van der Waals surface area contributed by atoms with E-state index in [9.17, 15) is 9.59 Å². The molecular formula is C13H24N2O3. The summed E-state index contributed by atoms with van der Waals surface area (Å²) in [4.78, 5) is 25.1. The molecule has 0 aromatic heterocycles. The molecule has 0 spiro atoms. The molecule has 2 N–H and O–H groups in total. The van der Waals surface area contributed by atoms with Crippen molar-refractivity contribution in [2.75, 3.05) is 20.6 Å². The summed E-state index contributed by atoms with van der Waals surface area (Å²) in [7, 11) is 3.98. The van der Waals surface area contributed by atoms with Crippen LogP contribution in [-0.2, 0) is 9.59 Å². The summed E-state index contributed by atoms with van der Waals surface area (Å²) in [6, 6.07) is 0.0925. The molecule has 0 radical (unpaired) electrons. The molecule has 0 aromatic rings. The lowest BCUT2D eigenvalue weighted by Crippen LogP contribution is -2.41. The van der Waals surface area contributed by atoms with E-state index >= 15 is 0 Å². The standard InChI is InChI=1S/C13H24N2O3/c1-9(7-8-15(2)3)14-12(16)10-5-4-6-11(10)13(17)18/h9-11H,4-8H2,1-3H3,(H,14,16)(H,17,18)/t9?,10-,11+/m1/s1. The Morgan fingerprint density at radius 1 is 1.33 bits per heavy atom. The average molecular weight is 256 g/mol. The third-order valence-electron chi connectivity index (χ3n) is 3.57. The van der Waals surface area contributed by atoms with Gasteiger partial charge in [0.15, 0.2) is 0 Å². The minimum atomic E-state index is -0.839. The van der Waals surface area contributed by atoms with Crippen LogP contribution in [-0.4, -0.2) is 48.6 Å². The number of nitrogens with zero attached hydrogens (tertiary/aromatic N) is 1. The van der Waals surface area contributed by atoms with Crippen molar-refractivity contribution >= 4 is 11.9 Å². The number of carboxylic acids is 1. The van der Waals surface area contributed by atoms with Gasteiger partial charge in [-0.15, -0.1) is 0 Å². The molecule has 5 nitrogen and oxygen atoms in total. The number of hydrogen-bond donors (Lipinski definition) is 2. The van der Waals surface area contributed by atoms with Gasteiger partial charge >= 0.3 is 5.97 Å². The largest absolute Gasteiger partial charge is 0.481 e. The van der Waals surface area contributed by atoms with E-state index in [4.69, 9.17) is 5.11 Å². The van der Waals surface area contributed by atoms with Crippen molar-refractivity contribution in [2.45, 2.75) is 38.6 Å². The van der Waals surface area contributed by atoms with E-state index in [-0.39, 0.29) is 17.9 Å². The SMILES string of the molecule is CC(CCN(C)C)NC(=O)[C@@H]1CCC[C@@H]1C(=O)O. The lowest BCUT2D eigenvalue weighted by Gasteiger charge is -2.20. The molecular weight excluding hydrogens is 232 g/mol. The Balaban J connectivity index is 2.42. The Labute approximate surface area is 109 Å². The fourth-order valence-corrected chi connectivity index (χ4v) is 2.44. The second-order valence-corrected chi connectivity index (χ2v) is 5.48. The molecule has 1 aliphatic rings. The van der Waals surface area contributed by atoms with E-state index in [1.54, 1.807) is 0 Å². The molecule has 1 unspecified atom stereocenters. The molecule has 3 atom stereocenters. The molecule has 1 fully saturated rings. The number of carboxylic acid groups (broad SMARTS) is 1. The monoisotopic (exact) mass is 256 g/mol. The fourth-order valence-electron chi connectivity index (χ4n) is 2.44. The molecule has 0 aliphatic heterocycles. The molecule has 1 aliphatic carbocycles. The van der Waals surface area contributed by atoms with Crippen molar-refractivity contribution < 1.29 is 14.7 Å². The first-order valence-corrected chi connectivity index (χ1v) is 6.59. The van der Waals surface area contributed by atoms with Crippen molar-refractivity contribution in [1.82, 2.24) is 10.2 Å². The van der Waals surface area contributed by atoms with E-state index in [2.05, 4.69) is 10.2 Å². The second kappa shape index (κ2) is 6.73. The van der Waals surface area contributed by atoms with Crippen LogP contribution in [0.1, 0.15) is 32.6 Å². The highest BCUT2D eigenvalue weighted by Crippen LogP contribution is 2.32. The van der Waals surface area contributed by atoms with Crippen LogP contribution >= 0.6 is 0 Å². The molecule has 0 saturated heterocycles. The molecule has 0 bridgehead atoms. The number of amides is 1. The normalized spacial score (nSPS) is 25.1. The fraction of sp³-hybridized carbons (Fsp3) is 0.846. The maximum absolute atomic E-state index is 12.0. The number of rotatable bonds is 6. The number of aliphatic carboxylic acids is 1. The highest BCUT2D eigenvalue weighted by molar-refractivity contribution is 5.85. The summed E-state index contributed by atoms with van der Waals surface area (Å²) in [5.41, 5.74) is 0. The number of carbonyl (C=O) groups is 2. The molecule has 0 aromatic carbocycles. The second-order valence-electron chi connectivity index (χ2n) is 5.48. The van der Waals surface area contributed by atoms with Crippen LogP contribution in [0.2, 0.25) is 0 Å². The Bertz CT molecular complexity index is 305. The third-order valence-corrected chi connectivity index (χ3v) is 3.57. The van der Waals surface area contributed by atoms with Gasteiger partial charge in [0.2, 0.25) is 5.91 Å². The predicted molar refractivity (Wildman–Crippen MR) is 69.2 cm³/mol. The first-order chi connectivity index (χ1) is 8.41. The zero-order valence-corrected chi connectivity index (χ0v) is 11.5. The maximum Gasteiger partial charge on any atom is 0.307 e. The van der Waals surface area contributed by atoms with Gasteiger partial charge in [0.05, 0.1) is 11.8 Å². The summed E-state index contributed by atoms with van der Waals surface area (Å²) in [6.45, 7) is 2.88. The summed E-state index contributed by atoms with van der Waals surface area (Å²) in [5.74, 6) is -1.77. The lowest BCUT2D eigenvalue weighted by molar-refractivity contribution is -0.146. The number of carbonyl (C=O) groups excluding carboxylic acids is 1. The van der Waals surface area contributed by atoms with Gasteiger partial charge in [-0.3, -0.25) is 9.59 Å². The van der Waals surface area contributed by atoms with Gasteiger partial charge in [0, 0.05) is 6.04 Å². The van der Waals surface area contributed by atoms with Gasteiger partial charge in [0.25, 0.3) is 0 Å². The maximum atomic E-state index is 12.0. The molecule has 18 heavy (non-hydrogen) atoms. The smallest absolute Gasteiger partial charge is 0.307 e. The zero-order chi connectivity index (χ0) is 13.7. The summed E-state index contributed by atoms with van der Waals surface area (Å²) < 4.78 is 0. The van der Waals surface area contributed by atoms with Crippen LogP contribution in [0.5, 0.6) is 0 Å². The molecule has 1 amide bonds. The third kappa shape index (κ3) is 4.29. The zero-order valence-electron chi connectivity index (χ0n) is 11.5. The lowest BCUT2D eigenvalue weighted by atomic mass is 9.95. The van der Waals surface area contributed by atoms with Crippen LogP contribution in [0.15, 0.2) is 0 Å². The van der Waals surface area contributed by atoms with Crippen LogP contribution < -0.4 is 5.32 Å². The van der Waals surface area contributed by atoms with Crippen molar-refractivity contribution in [3.05, 3.63) is 0 Å². The van der Waals surface area contributed by atoms with E-state index in [0.29, 0.717) is 12.8 Å². The summed E-state index contributed by atoms with van der Waals surface area (Å²) in [5, 5.41) is 12.0. The van der Waals surface area contributed by atoms with Gasteiger partial charge in [-0.1, -0.05) is 6.42 Å². The minimum absolute atomic E-state index is 0.0915. The van der Waals surface area contributed by atoms with Crippen molar-refractivity contribution in [2.24, 2.45) is 11.8 Å². The Morgan fingerprint density at radius 3 is 2.50 bits per heavy atom. The van der Waals surface area contributed by atoms with E-state index in [1.165, 1.54) is 0 Å². The van der Waals surface area contributed by atoms with Crippen LogP contribution in [0.3, 0.4) is 0 Å². The molecule has 104 valence electrons. The first-order valence-electron chi connectivity index (χ1n) is 6.59. The number of hydrogen-bond acceptors (Lipinski definition) is 3. The van der Waals surface area contributed by atoms with E-state index in [1.807, 2.05) is 21.0 Å².